The lowest BCUT2D eigenvalue weighted by molar-refractivity contribution is 0.294. The van der Waals surface area contributed by atoms with Crippen molar-refractivity contribution in [3.8, 4) is 0 Å². The van der Waals surface area contributed by atoms with Gasteiger partial charge in [0.15, 0.2) is 0 Å². The second-order valence-electron chi connectivity index (χ2n) is 6.06. The average Bonchev–Trinajstić information content (AvgIpc) is 2.39. The van der Waals surface area contributed by atoms with Crippen molar-refractivity contribution in [2.24, 2.45) is 5.92 Å². The molecule has 90 valence electrons. The van der Waals surface area contributed by atoms with Gasteiger partial charge >= 0.3 is 0 Å². The highest BCUT2D eigenvalue weighted by atomic mass is 15.1. The van der Waals surface area contributed by atoms with Gasteiger partial charge in [-0.2, -0.15) is 0 Å². The van der Waals surface area contributed by atoms with E-state index in [0.717, 1.165) is 11.8 Å². The zero-order valence-corrected chi connectivity index (χ0v) is 10.5. The summed E-state index contributed by atoms with van der Waals surface area (Å²) in [6.45, 7) is 2.64. The summed E-state index contributed by atoms with van der Waals surface area (Å²) in [6, 6.07) is 7.07. The molecule has 1 aromatic rings. The van der Waals surface area contributed by atoms with E-state index in [1.165, 1.54) is 51.6 Å². The van der Waals surface area contributed by atoms with Gasteiger partial charge < -0.3 is 4.90 Å². The normalized spacial score (nSPS) is 30.7. The van der Waals surface area contributed by atoms with Crippen LogP contribution in [0.15, 0.2) is 18.2 Å². The zero-order chi connectivity index (χ0) is 11.2. The van der Waals surface area contributed by atoms with Gasteiger partial charge in [-0.05, 0) is 48.6 Å². The van der Waals surface area contributed by atoms with Gasteiger partial charge in [0.1, 0.15) is 0 Å². The first kappa shape index (κ1) is 9.99. The molecule has 0 bridgehead atoms. The van der Waals surface area contributed by atoms with E-state index in [0.29, 0.717) is 0 Å². The van der Waals surface area contributed by atoms with Gasteiger partial charge in [0.25, 0.3) is 0 Å². The van der Waals surface area contributed by atoms with Crippen LogP contribution in [0.25, 0.3) is 0 Å². The van der Waals surface area contributed by atoms with Gasteiger partial charge in [-0.3, -0.25) is 0 Å². The number of benzene rings is 1. The number of anilines is 1. The van der Waals surface area contributed by atoms with Crippen LogP contribution in [-0.4, -0.2) is 13.1 Å². The molecule has 0 saturated heterocycles. The van der Waals surface area contributed by atoms with Crippen LogP contribution in [0.2, 0.25) is 0 Å². The quantitative estimate of drug-likeness (QED) is 0.653. The van der Waals surface area contributed by atoms with Crippen molar-refractivity contribution in [1.29, 1.82) is 0 Å². The van der Waals surface area contributed by atoms with Gasteiger partial charge in [-0.1, -0.05) is 31.0 Å². The van der Waals surface area contributed by atoms with Crippen LogP contribution in [0, 0.1) is 5.92 Å². The van der Waals surface area contributed by atoms with Crippen LogP contribution in [0.3, 0.4) is 0 Å². The summed E-state index contributed by atoms with van der Waals surface area (Å²) in [5.41, 5.74) is 4.96. The Kier molecular flexibility index (Phi) is 2.21. The van der Waals surface area contributed by atoms with Gasteiger partial charge in [0.2, 0.25) is 0 Å². The fraction of sp³-hybridized carbons (Fsp3) is 0.625. The Hall–Kier alpha value is -0.980. The number of fused-ring (bicyclic) bond motifs is 2. The molecular formula is C16H21N. The van der Waals surface area contributed by atoms with Crippen molar-refractivity contribution in [1.82, 2.24) is 0 Å². The maximum atomic E-state index is 2.70. The summed E-state index contributed by atoms with van der Waals surface area (Å²) in [5.74, 6) is 1.83. The third-order valence-corrected chi connectivity index (χ3v) is 5.10. The van der Waals surface area contributed by atoms with Gasteiger partial charge in [0.05, 0.1) is 0 Å². The number of aryl methyl sites for hydroxylation is 1. The lowest BCUT2D eigenvalue weighted by Gasteiger charge is -2.46. The minimum absolute atomic E-state index is 0.882. The molecule has 1 aromatic carbocycles. The topological polar surface area (TPSA) is 3.24 Å². The second kappa shape index (κ2) is 3.76. The third kappa shape index (κ3) is 1.44. The molecule has 1 fully saturated rings. The van der Waals surface area contributed by atoms with Crippen molar-refractivity contribution in [3.63, 3.8) is 0 Å². The predicted octanol–water partition coefficient (Wildman–Crippen LogP) is 3.73. The molecule has 2 aliphatic heterocycles. The van der Waals surface area contributed by atoms with Crippen molar-refractivity contribution in [2.45, 2.75) is 44.4 Å². The smallest absolute Gasteiger partial charge is 0.0434 e. The van der Waals surface area contributed by atoms with Gasteiger partial charge in [0, 0.05) is 18.8 Å². The summed E-state index contributed by atoms with van der Waals surface area (Å²) in [4.78, 5) is 2.70. The molecule has 1 nitrogen and oxygen atoms in total. The van der Waals surface area contributed by atoms with E-state index in [1.54, 1.807) is 16.8 Å². The first-order valence-corrected chi connectivity index (χ1v) is 7.30. The number of nitrogens with zero attached hydrogens (tertiary/aromatic N) is 1. The summed E-state index contributed by atoms with van der Waals surface area (Å²) < 4.78 is 0. The largest absolute Gasteiger partial charge is 0.371 e. The summed E-state index contributed by atoms with van der Waals surface area (Å²) in [7, 11) is 0. The van der Waals surface area contributed by atoms with E-state index >= 15 is 0 Å². The highest BCUT2D eigenvalue weighted by Gasteiger charge is 2.36. The Labute approximate surface area is 104 Å². The van der Waals surface area contributed by atoms with Crippen LogP contribution in [0.5, 0.6) is 0 Å². The average molecular weight is 227 g/mol. The summed E-state index contributed by atoms with van der Waals surface area (Å²) in [6.07, 6.45) is 8.47. The minimum Gasteiger partial charge on any atom is -0.371 e. The second-order valence-corrected chi connectivity index (χ2v) is 6.06. The molecule has 1 aliphatic carbocycles. The fourth-order valence-electron chi connectivity index (χ4n) is 4.37. The summed E-state index contributed by atoms with van der Waals surface area (Å²) >= 11 is 0. The molecule has 1 saturated carbocycles. The van der Waals surface area contributed by atoms with Crippen LogP contribution in [-0.2, 0) is 6.42 Å². The molecule has 0 radical (unpaired) electrons. The fourth-order valence-corrected chi connectivity index (χ4v) is 4.37. The van der Waals surface area contributed by atoms with Crippen LogP contribution in [0.4, 0.5) is 5.69 Å². The third-order valence-electron chi connectivity index (χ3n) is 5.10. The van der Waals surface area contributed by atoms with Crippen molar-refractivity contribution >= 4 is 5.69 Å². The highest BCUT2D eigenvalue weighted by Crippen LogP contribution is 2.48. The molecule has 0 aromatic heterocycles. The monoisotopic (exact) mass is 227 g/mol. The predicted molar refractivity (Wildman–Crippen MR) is 71.7 cm³/mol. The molecule has 17 heavy (non-hydrogen) atoms. The molecule has 0 spiro atoms. The van der Waals surface area contributed by atoms with E-state index < -0.39 is 0 Å². The molecule has 1 heteroatoms. The first-order valence-electron chi connectivity index (χ1n) is 7.30. The molecule has 2 heterocycles. The molecule has 0 amide bonds. The molecule has 4 rings (SSSR count). The van der Waals surface area contributed by atoms with E-state index in [1.807, 2.05) is 0 Å². The maximum absolute atomic E-state index is 2.70. The Balaban J connectivity index is 1.85. The number of rotatable bonds is 0. The van der Waals surface area contributed by atoms with Crippen LogP contribution < -0.4 is 4.90 Å². The number of para-hydroxylation sites is 1. The van der Waals surface area contributed by atoms with E-state index in [9.17, 15) is 0 Å². The standard InChI is InChI=1S/C16H21N/c1-2-8-14-13(5-1)11-17-10-4-7-12-6-3-9-15(14)16(12)17/h3,6,9,13-14H,1-2,4-5,7-8,10-11H2/t13-,14-/m0/s1. The van der Waals surface area contributed by atoms with Crippen LogP contribution in [0.1, 0.15) is 49.1 Å². The maximum Gasteiger partial charge on any atom is 0.0434 e. The zero-order valence-electron chi connectivity index (χ0n) is 10.5. The lowest BCUT2D eigenvalue weighted by Crippen LogP contribution is -2.42. The lowest BCUT2D eigenvalue weighted by atomic mass is 9.71. The first-order chi connectivity index (χ1) is 8.43. The molecule has 2 atom stereocenters. The van der Waals surface area contributed by atoms with E-state index in [2.05, 4.69) is 23.1 Å². The Morgan fingerprint density at radius 2 is 2.00 bits per heavy atom. The van der Waals surface area contributed by atoms with Crippen molar-refractivity contribution in [2.75, 3.05) is 18.0 Å². The Bertz CT molecular complexity index is 437. The molecule has 0 N–H and O–H groups in total. The molecular weight excluding hydrogens is 206 g/mol. The SMILES string of the molecule is c1cc2c3c(c1)[C@H]1CCCC[C@H]1CN3CCC2. The van der Waals surface area contributed by atoms with E-state index in [4.69, 9.17) is 0 Å². The number of hydrogen-bond acceptors (Lipinski definition) is 1. The summed E-state index contributed by atoms with van der Waals surface area (Å²) in [5, 5.41) is 0. The van der Waals surface area contributed by atoms with Crippen molar-refractivity contribution in [3.05, 3.63) is 29.3 Å². The molecule has 0 unspecified atom stereocenters. The van der Waals surface area contributed by atoms with Gasteiger partial charge in [-0.25, -0.2) is 0 Å². The minimum atomic E-state index is 0.882. The Morgan fingerprint density at radius 3 is 3.00 bits per heavy atom. The molecule has 3 aliphatic rings. The van der Waals surface area contributed by atoms with Crippen molar-refractivity contribution < 1.29 is 0 Å². The van der Waals surface area contributed by atoms with Gasteiger partial charge in [-0.15, -0.1) is 0 Å². The highest BCUT2D eigenvalue weighted by molar-refractivity contribution is 5.64. The number of hydrogen-bond donors (Lipinski definition) is 0. The Morgan fingerprint density at radius 1 is 1.06 bits per heavy atom. The van der Waals surface area contributed by atoms with Crippen LogP contribution >= 0.6 is 0 Å². The van der Waals surface area contributed by atoms with E-state index in [-0.39, 0.29) is 0 Å².